The van der Waals surface area contributed by atoms with Crippen molar-refractivity contribution in [3.8, 4) is 0 Å². The summed E-state index contributed by atoms with van der Waals surface area (Å²) in [7, 11) is 0. The average molecular weight is 545 g/mol. The van der Waals surface area contributed by atoms with E-state index in [1.165, 1.54) is 0 Å². The number of aliphatic hydroxyl groups excluding tert-OH is 10. The van der Waals surface area contributed by atoms with Gasteiger partial charge in [0.25, 0.3) is 0 Å². The summed E-state index contributed by atoms with van der Waals surface area (Å²) in [6, 6.07) is -1.43. The molecular formula is C20H35NO16. The Labute approximate surface area is 210 Å². The van der Waals surface area contributed by atoms with Crippen molar-refractivity contribution in [1.29, 1.82) is 0 Å². The van der Waals surface area contributed by atoms with Crippen LogP contribution in [-0.4, -0.2) is 169 Å². The molecule has 3 aliphatic rings. The minimum atomic E-state index is -1.85. The standard InChI is InChI=1S/C20H35NO16/c1-5(24)21-9-17(37-20-16(31)14(29)11(26)7(3-23)36-20)12(27)8(34-18(9)32)4-33-19-15(30)13(28)10(25)6(2-22)35-19/h6-20,22-23,25-32H,2-4H2,1H3,(H,21,24)/t6-,7-,8-,9-,10+,11+,12-,13+,14+,15-,16-,17-,18+,19-,20+/m1/s1. The first-order valence-electron chi connectivity index (χ1n) is 11.6. The summed E-state index contributed by atoms with van der Waals surface area (Å²) in [5, 5.41) is 103. The third-order valence-corrected chi connectivity index (χ3v) is 6.48. The average Bonchev–Trinajstić information content (AvgIpc) is 2.86. The van der Waals surface area contributed by atoms with Gasteiger partial charge in [-0.15, -0.1) is 0 Å². The molecule has 0 aromatic carbocycles. The van der Waals surface area contributed by atoms with Crippen molar-refractivity contribution in [2.45, 2.75) is 99.0 Å². The summed E-state index contributed by atoms with van der Waals surface area (Å²) in [6.45, 7) is -0.964. The second kappa shape index (κ2) is 12.8. The molecule has 17 nitrogen and oxygen atoms in total. The SMILES string of the molecule is CC(=O)N[C@@H]1[C@@H](O[C@@H]2O[C@H](CO)[C@H](O)[C@H](O)[C@H]2O)[C@H](O)[C@@H](CO[C@@H]2O[C@H](CO)[C@H](O)[C@H](O)[C@H]2O)O[C@@H]1O. The molecule has 37 heavy (non-hydrogen) atoms. The van der Waals surface area contributed by atoms with E-state index in [2.05, 4.69) is 5.32 Å². The van der Waals surface area contributed by atoms with Gasteiger partial charge >= 0.3 is 0 Å². The Kier molecular flexibility index (Phi) is 10.5. The van der Waals surface area contributed by atoms with E-state index < -0.39 is 118 Å². The van der Waals surface area contributed by atoms with Crippen molar-refractivity contribution >= 4 is 5.91 Å². The van der Waals surface area contributed by atoms with Gasteiger partial charge in [-0.2, -0.15) is 0 Å². The van der Waals surface area contributed by atoms with Crippen molar-refractivity contribution in [2.24, 2.45) is 0 Å². The van der Waals surface area contributed by atoms with Crippen molar-refractivity contribution < 1.29 is 79.5 Å². The van der Waals surface area contributed by atoms with E-state index in [9.17, 15) is 55.9 Å². The van der Waals surface area contributed by atoms with Gasteiger partial charge in [-0.1, -0.05) is 0 Å². The monoisotopic (exact) mass is 545 g/mol. The van der Waals surface area contributed by atoms with Gasteiger partial charge in [-0.3, -0.25) is 4.79 Å². The van der Waals surface area contributed by atoms with Crippen LogP contribution in [0.5, 0.6) is 0 Å². The molecule has 0 radical (unpaired) electrons. The molecule has 0 aliphatic carbocycles. The molecule has 11 N–H and O–H groups in total. The lowest BCUT2D eigenvalue weighted by Crippen LogP contribution is -2.68. The predicted octanol–water partition coefficient (Wildman–Crippen LogP) is -7.43. The Hall–Kier alpha value is -1.13. The van der Waals surface area contributed by atoms with Gasteiger partial charge in [0.1, 0.15) is 73.2 Å². The smallest absolute Gasteiger partial charge is 0.217 e. The number of nitrogens with one attached hydrogen (secondary N) is 1. The molecule has 3 saturated heterocycles. The van der Waals surface area contributed by atoms with Crippen LogP contribution < -0.4 is 5.32 Å². The molecule has 17 heteroatoms. The number of amides is 1. The van der Waals surface area contributed by atoms with Crippen LogP contribution in [0.4, 0.5) is 0 Å². The van der Waals surface area contributed by atoms with Crippen LogP contribution in [0.2, 0.25) is 0 Å². The van der Waals surface area contributed by atoms with Gasteiger partial charge in [0.2, 0.25) is 5.91 Å². The highest BCUT2D eigenvalue weighted by molar-refractivity contribution is 5.73. The first-order chi connectivity index (χ1) is 17.4. The summed E-state index contributed by atoms with van der Waals surface area (Å²) in [6.07, 6.45) is -22.9. The zero-order chi connectivity index (χ0) is 27.6. The normalized spacial score (nSPS) is 49.0. The van der Waals surface area contributed by atoms with Crippen molar-refractivity contribution in [3.63, 3.8) is 0 Å². The molecule has 3 rings (SSSR count). The summed E-state index contributed by atoms with van der Waals surface area (Å²) >= 11 is 0. The molecule has 3 heterocycles. The summed E-state index contributed by atoms with van der Waals surface area (Å²) in [5.41, 5.74) is 0. The van der Waals surface area contributed by atoms with Crippen molar-refractivity contribution in [3.05, 3.63) is 0 Å². The third kappa shape index (κ3) is 6.55. The van der Waals surface area contributed by atoms with Gasteiger partial charge in [-0.05, 0) is 0 Å². The Bertz CT molecular complexity index is 743. The van der Waals surface area contributed by atoms with Crippen LogP contribution in [0.3, 0.4) is 0 Å². The van der Waals surface area contributed by atoms with Crippen LogP contribution in [0.25, 0.3) is 0 Å². The number of ether oxygens (including phenoxy) is 5. The van der Waals surface area contributed by atoms with E-state index in [-0.39, 0.29) is 0 Å². The first kappa shape index (κ1) is 30.4. The maximum absolute atomic E-state index is 11.7. The van der Waals surface area contributed by atoms with Crippen LogP contribution in [0.15, 0.2) is 0 Å². The maximum atomic E-state index is 11.7. The minimum absolute atomic E-state index is 0.609. The van der Waals surface area contributed by atoms with Crippen LogP contribution >= 0.6 is 0 Å². The summed E-state index contributed by atoms with van der Waals surface area (Å²) in [5.74, 6) is -0.654. The summed E-state index contributed by atoms with van der Waals surface area (Å²) in [4.78, 5) is 11.7. The minimum Gasteiger partial charge on any atom is -0.394 e. The molecule has 0 bridgehead atoms. The lowest BCUT2D eigenvalue weighted by atomic mass is 9.95. The van der Waals surface area contributed by atoms with Crippen molar-refractivity contribution in [2.75, 3.05) is 19.8 Å². The first-order valence-corrected chi connectivity index (χ1v) is 11.6. The fourth-order valence-electron chi connectivity index (χ4n) is 4.35. The second-order valence-electron chi connectivity index (χ2n) is 9.11. The molecule has 0 unspecified atom stereocenters. The van der Waals surface area contributed by atoms with Gasteiger partial charge < -0.3 is 80.1 Å². The highest BCUT2D eigenvalue weighted by Gasteiger charge is 2.52. The Morgan fingerprint density at radius 2 is 1.22 bits per heavy atom. The van der Waals surface area contributed by atoms with Gasteiger partial charge in [-0.25, -0.2) is 0 Å². The highest BCUT2D eigenvalue weighted by Crippen LogP contribution is 2.30. The number of rotatable bonds is 8. The molecule has 0 aromatic heterocycles. The van der Waals surface area contributed by atoms with E-state index in [1.807, 2.05) is 0 Å². The Morgan fingerprint density at radius 1 is 0.703 bits per heavy atom. The quantitative estimate of drug-likeness (QED) is 0.135. The van der Waals surface area contributed by atoms with Gasteiger partial charge in [0.05, 0.1) is 19.8 Å². The molecular weight excluding hydrogens is 510 g/mol. The highest BCUT2D eigenvalue weighted by atomic mass is 16.7. The zero-order valence-electron chi connectivity index (χ0n) is 19.7. The number of aliphatic hydroxyl groups is 10. The molecule has 3 fully saturated rings. The molecule has 15 atom stereocenters. The lowest BCUT2D eigenvalue weighted by Gasteiger charge is -2.47. The van der Waals surface area contributed by atoms with E-state index >= 15 is 0 Å². The molecule has 0 spiro atoms. The molecule has 216 valence electrons. The van der Waals surface area contributed by atoms with E-state index in [1.54, 1.807) is 0 Å². The third-order valence-electron chi connectivity index (χ3n) is 6.48. The zero-order valence-corrected chi connectivity index (χ0v) is 19.7. The number of carbonyl (C=O) groups is 1. The van der Waals surface area contributed by atoms with E-state index in [0.717, 1.165) is 6.92 Å². The van der Waals surface area contributed by atoms with E-state index in [4.69, 9.17) is 23.7 Å². The van der Waals surface area contributed by atoms with Gasteiger partial charge in [0.15, 0.2) is 18.9 Å². The Morgan fingerprint density at radius 3 is 1.73 bits per heavy atom. The fraction of sp³-hybridized carbons (Fsp3) is 0.950. The molecule has 3 aliphatic heterocycles. The molecule has 1 amide bonds. The molecule has 0 saturated carbocycles. The lowest BCUT2D eigenvalue weighted by molar-refractivity contribution is -0.348. The predicted molar refractivity (Wildman–Crippen MR) is 113 cm³/mol. The number of hydrogen-bond acceptors (Lipinski definition) is 16. The summed E-state index contributed by atoms with van der Waals surface area (Å²) < 4.78 is 26.8. The maximum Gasteiger partial charge on any atom is 0.217 e. The van der Waals surface area contributed by atoms with Crippen LogP contribution in [0.1, 0.15) is 6.92 Å². The van der Waals surface area contributed by atoms with Crippen LogP contribution in [-0.2, 0) is 28.5 Å². The fourth-order valence-corrected chi connectivity index (χ4v) is 4.35. The molecule has 0 aromatic rings. The topological polar surface area (TPSA) is 278 Å². The van der Waals surface area contributed by atoms with E-state index in [0.29, 0.717) is 0 Å². The Balaban J connectivity index is 1.74. The number of carbonyl (C=O) groups excluding carboxylic acids is 1. The van der Waals surface area contributed by atoms with Crippen molar-refractivity contribution in [1.82, 2.24) is 5.32 Å². The largest absolute Gasteiger partial charge is 0.394 e. The van der Waals surface area contributed by atoms with Crippen LogP contribution in [0, 0.1) is 0 Å². The van der Waals surface area contributed by atoms with Gasteiger partial charge in [0, 0.05) is 6.92 Å². The second-order valence-corrected chi connectivity index (χ2v) is 9.11. The number of hydrogen-bond donors (Lipinski definition) is 11.